The first-order valence-corrected chi connectivity index (χ1v) is 10.0. The van der Waals surface area contributed by atoms with E-state index in [0.717, 1.165) is 0 Å². The normalized spacial score (nSPS) is 9.56. The van der Waals surface area contributed by atoms with Crippen molar-refractivity contribution in [1.82, 2.24) is 28.0 Å². The zero-order valence-corrected chi connectivity index (χ0v) is 21.9. The first kappa shape index (κ1) is 41.7. The monoisotopic (exact) mass is 468 g/mol. The molecular weight excluding hydrogens is 430 g/mol. The van der Waals surface area contributed by atoms with E-state index in [4.69, 9.17) is 14.0 Å². The molecule has 0 aliphatic heterocycles. The van der Waals surface area contributed by atoms with E-state index in [1.54, 1.807) is 0 Å². The van der Waals surface area contributed by atoms with E-state index in [9.17, 15) is 0 Å². The van der Waals surface area contributed by atoms with Gasteiger partial charge in [-0.25, -0.2) is 0 Å². The first-order chi connectivity index (χ1) is 11.9. The van der Waals surface area contributed by atoms with Gasteiger partial charge in [0.05, 0.1) is 0 Å². The molecule has 9 nitrogen and oxygen atoms in total. The molecule has 27 heavy (non-hydrogen) atoms. The van der Waals surface area contributed by atoms with Crippen molar-refractivity contribution in [2.75, 3.05) is 84.6 Å². The van der Waals surface area contributed by atoms with Crippen molar-refractivity contribution in [1.29, 1.82) is 0 Å². The maximum absolute atomic E-state index is 7.50. The Morgan fingerprint density at radius 1 is 0.370 bits per heavy atom. The molecule has 12 heteroatoms. The van der Waals surface area contributed by atoms with Crippen LogP contribution in [0.5, 0.6) is 0 Å². The van der Waals surface area contributed by atoms with Crippen molar-refractivity contribution in [2.24, 2.45) is 0 Å². The average Bonchev–Trinajstić information content (AvgIpc) is 2.51. The fourth-order valence-electron chi connectivity index (χ4n) is 2.40. The SMILES string of the molecule is CN(C)[PH+](N(C)C)N(C)C.CN(C)[PH+](N(C)C)N(C)C.[C-]#[O+].[C-]#[O+].[C-]#[O+].[Fe]. The van der Waals surface area contributed by atoms with E-state index >= 15 is 0 Å². The third-order valence-corrected chi connectivity index (χ3v) is 7.20. The van der Waals surface area contributed by atoms with Crippen molar-refractivity contribution in [3.05, 3.63) is 20.0 Å². The van der Waals surface area contributed by atoms with Gasteiger partial charge < -0.3 is 0 Å². The van der Waals surface area contributed by atoms with E-state index in [1.165, 1.54) is 0 Å². The van der Waals surface area contributed by atoms with Crippen LogP contribution in [0.15, 0.2) is 0 Å². The van der Waals surface area contributed by atoms with E-state index in [0.29, 0.717) is 0 Å². The third-order valence-electron chi connectivity index (χ3n) is 2.40. The summed E-state index contributed by atoms with van der Waals surface area (Å²) in [5.41, 5.74) is 0. The number of nitrogens with zero attached hydrogens (tertiary/aromatic N) is 6. The number of hydrogen-bond donors (Lipinski definition) is 0. The van der Waals surface area contributed by atoms with Crippen LogP contribution in [0.1, 0.15) is 0 Å². The average molecular weight is 468 g/mol. The Morgan fingerprint density at radius 2 is 0.444 bits per heavy atom. The zero-order chi connectivity index (χ0) is 22.6. The summed E-state index contributed by atoms with van der Waals surface area (Å²) in [7, 11) is 24.2. The second-order valence-electron chi connectivity index (χ2n) is 5.97. The van der Waals surface area contributed by atoms with Crippen LogP contribution in [0, 0.1) is 20.0 Å². The van der Waals surface area contributed by atoms with Crippen LogP contribution in [-0.4, -0.2) is 113 Å². The van der Waals surface area contributed by atoms with Gasteiger partial charge in [0.25, 0.3) is 0 Å². The molecule has 0 N–H and O–H groups in total. The zero-order valence-electron chi connectivity index (χ0n) is 18.8. The molecule has 0 aromatic heterocycles. The number of hydrogen-bond acceptors (Lipinski definition) is 6. The molecule has 0 aromatic carbocycles. The molecule has 0 unspecified atom stereocenters. The van der Waals surface area contributed by atoms with Gasteiger partial charge in [0.2, 0.25) is 16.7 Å². The molecule has 0 bridgehead atoms. The molecule has 0 atom stereocenters. The van der Waals surface area contributed by atoms with Gasteiger partial charge in [0.15, 0.2) is 0 Å². The molecule has 162 valence electrons. The van der Waals surface area contributed by atoms with Crippen molar-refractivity contribution in [3.8, 4) is 0 Å². The second kappa shape index (κ2) is 28.6. The topological polar surface area (TPSA) is 79.1 Å². The summed E-state index contributed by atoms with van der Waals surface area (Å²) in [5, 5.41) is 0. The summed E-state index contributed by atoms with van der Waals surface area (Å²) in [5.74, 6) is 0. The summed E-state index contributed by atoms with van der Waals surface area (Å²) in [6.07, 6.45) is 0. The van der Waals surface area contributed by atoms with Crippen LogP contribution in [0.25, 0.3) is 0 Å². The van der Waals surface area contributed by atoms with Gasteiger partial charge in [-0.05, 0) is 0 Å². The predicted octanol–water partition coefficient (Wildman–Crippen LogP) is 1.15. The maximum atomic E-state index is 7.50. The molecule has 0 saturated heterocycles. The van der Waals surface area contributed by atoms with Gasteiger partial charge in [-0.15, -0.1) is 0 Å². The minimum Gasteiger partial charge on any atom is 0 e. The Labute approximate surface area is 180 Å². The van der Waals surface area contributed by atoms with Gasteiger partial charge in [-0.3, -0.25) is 0 Å². The van der Waals surface area contributed by atoms with Gasteiger partial charge in [0, 0.05) is 102 Å². The Balaban J connectivity index is -0.0000000619. The van der Waals surface area contributed by atoms with Crippen molar-refractivity contribution in [3.63, 3.8) is 0 Å². The van der Waals surface area contributed by atoms with Crippen LogP contribution in [0.4, 0.5) is 0 Å². The van der Waals surface area contributed by atoms with E-state index < -0.39 is 16.7 Å². The molecule has 0 radical (unpaired) electrons. The van der Waals surface area contributed by atoms with Crippen LogP contribution in [-0.2, 0) is 31.0 Å². The van der Waals surface area contributed by atoms with E-state index in [2.05, 4.69) is 133 Å². The first-order valence-electron chi connectivity index (χ1n) is 7.32. The van der Waals surface area contributed by atoms with Gasteiger partial charge >= 0.3 is 33.9 Å². The van der Waals surface area contributed by atoms with Crippen LogP contribution >= 0.6 is 16.7 Å². The third kappa shape index (κ3) is 26.4. The Bertz CT molecular complexity index is 278. The summed E-state index contributed by atoms with van der Waals surface area (Å²) < 4.78 is 36.1. The fourth-order valence-corrected chi connectivity index (χ4v) is 7.20. The van der Waals surface area contributed by atoms with E-state index in [1.807, 2.05) is 0 Å². The minimum atomic E-state index is -0.596. The standard InChI is InChI=1S/2C6H18N3P.3CO.Fe/c2*1-7(2)10(8(3)4)9(5)6;3*1-2;/h2*1-6H3;;;;/p+2. The molecule has 0 spiro atoms. The van der Waals surface area contributed by atoms with Gasteiger partial charge in [0.1, 0.15) is 0 Å². The Kier molecular flexibility index (Phi) is 44.1. The molecule has 0 saturated carbocycles. The largest absolute Gasteiger partial charge is 0 e. The van der Waals surface area contributed by atoms with Crippen molar-refractivity contribution in [2.45, 2.75) is 0 Å². The smallest absolute Gasteiger partial charge is 0 e. The summed E-state index contributed by atoms with van der Waals surface area (Å²) in [4.78, 5) is 0. The predicted molar refractivity (Wildman–Crippen MR) is 111 cm³/mol. The summed E-state index contributed by atoms with van der Waals surface area (Å²) in [6.45, 7) is 13.5. The van der Waals surface area contributed by atoms with Crippen LogP contribution in [0.2, 0.25) is 0 Å². The van der Waals surface area contributed by atoms with Crippen LogP contribution < -0.4 is 0 Å². The fraction of sp³-hybridized carbons (Fsp3) is 0.800. The Hall–Kier alpha value is 0.359. The van der Waals surface area contributed by atoms with Gasteiger partial charge in [-0.1, -0.05) is 0 Å². The molecule has 0 rings (SSSR count). The molecule has 0 fully saturated rings. The Morgan fingerprint density at radius 3 is 0.444 bits per heavy atom. The van der Waals surface area contributed by atoms with E-state index in [-0.39, 0.29) is 17.1 Å². The second-order valence-corrected chi connectivity index (χ2v) is 12.5. The van der Waals surface area contributed by atoms with Crippen molar-refractivity contribution < 1.29 is 31.0 Å². The molecule has 0 aliphatic carbocycles. The molecule has 0 aromatic rings. The van der Waals surface area contributed by atoms with Gasteiger partial charge in [-0.2, -0.15) is 28.0 Å². The molecule has 0 amide bonds. The number of rotatable bonds is 6. The van der Waals surface area contributed by atoms with Crippen molar-refractivity contribution >= 4 is 16.7 Å². The summed E-state index contributed by atoms with van der Waals surface area (Å²) >= 11 is 0. The summed E-state index contributed by atoms with van der Waals surface area (Å²) in [6, 6.07) is 0. The maximum Gasteiger partial charge on any atom is 0 e. The molecule has 0 aliphatic rings. The minimum absolute atomic E-state index is 0. The quantitative estimate of drug-likeness (QED) is 0.252. The molecular formula is C15H38FeN6O3P2+2. The molecule has 0 heterocycles. The van der Waals surface area contributed by atoms with Crippen LogP contribution in [0.3, 0.4) is 0 Å².